The highest BCUT2D eigenvalue weighted by Crippen LogP contribution is 2.45. The fourth-order valence-corrected chi connectivity index (χ4v) is 14.2. The van der Waals surface area contributed by atoms with E-state index < -0.39 is 8.32 Å². The molecule has 210 valence electrons. The zero-order valence-corrected chi connectivity index (χ0v) is 26.3. The number of hydrogen-bond donors (Lipinski definition) is 0. The molecule has 1 saturated heterocycles. The largest absolute Gasteiger partial charge is 0.413 e. The van der Waals surface area contributed by atoms with Crippen molar-refractivity contribution >= 4 is 48.0 Å². The summed E-state index contributed by atoms with van der Waals surface area (Å²) < 4.78 is 8.96. The molecule has 10 heteroatoms. The van der Waals surface area contributed by atoms with E-state index in [-0.39, 0.29) is 30.1 Å². The number of piperazine rings is 1. The zero-order valence-electron chi connectivity index (χ0n) is 23.7. The van der Waals surface area contributed by atoms with E-state index >= 15 is 0 Å². The quantitative estimate of drug-likeness (QED) is 0.326. The minimum Gasteiger partial charge on any atom is -0.413 e. The summed E-state index contributed by atoms with van der Waals surface area (Å²) in [6, 6.07) is 0.232. The van der Waals surface area contributed by atoms with Gasteiger partial charge in [0.15, 0.2) is 10.7 Å². The molecule has 38 heavy (non-hydrogen) atoms. The van der Waals surface area contributed by atoms with Gasteiger partial charge in [0.05, 0.1) is 0 Å². The van der Waals surface area contributed by atoms with Gasteiger partial charge >= 0.3 is 0 Å². The maximum Gasteiger partial charge on any atom is 0.276 e. The van der Waals surface area contributed by atoms with Crippen molar-refractivity contribution in [1.29, 1.82) is 0 Å². The van der Waals surface area contributed by atoms with E-state index in [1.54, 1.807) is 4.90 Å². The molecule has 2 saturated carbocycles. The summed E-state index contributed by atoms with van der Waals surface area (Å²) in [4.78, 5) is 35.5. The molecule has 2 aromatic heterocycles. The SMILES string of the molecule is CC(C)[Si](OC1CCC(N2CCN(C(=O)c3nc4scc(C5CC5)n4c3Cl)CC2=O)CC1)(C(C)C)C(C)C. The zero-order chi connectivity index (χ0) is 27.4. The molecule has 0 aromatic carbocycles. The highest BCUT2D eigenvalue weighted by molar-refractivity contribution is 7.15. The molecule has 3 fully saturated rings. The summed E-state index contributed by atoms with van der Waals surface area (Å²) in [6.45, 7) is 15.2. The first kappa shape index (κ1) is 28.1. The number of carbonyl (C=O) groups excluding carboxylic acids is 2. The van der Waals surface area contributed by atoms with E-state index in [0.29, 0.717) is 46.9 Å². The number of fused-ring (bicyclic) bond motifs is 1. The van der Waals surface area contributed by atoms with Crippen molar-refractivity contribution in [1.82, 2.24) is 19.2 Å². The first-order valence-electron chi connectivity index (χ1n) is 14.5. The molecule has 0 spiro atoms. The lowest BCUT2D eigenvalue weighted by Crippen LogP contribution is -2.57. The summed E-state index contributed by atoms with van der Waals surface area (Å²) in [7, 11) is -1.91. The van der Waals surface area contributed by atoms with E-state index in [1.807, 2.05) is 9.30 Å². The molecule has 0 unspecified atom stereocenters. The molecule has 0 N–H and O–H groups in total. The van der Waals surface area contributed by atoms with Crippen LogP contribution in [0.25, 0.3) is 4.96 Å². The molecule has 0 radical (unpaired) electrons. The second kappa shape index (κ2) is 10.9. The van der Waals surface area contributed by atoms with Gasteiger partial charge in [-0.1, -0.05) is 53.1 Å². The fraction of sp³-hybridized carbons (Fsp3) is 0.750. The highest BCUT2D eigenvalue weighted by Gasteiger charge is 2.47. The van der Waals surface area contributed by atoms with Crippen LogP contribution in [0.1, 0.15) is 102 Å². The Morgan fingerprint density at radius 1 is 1.03 bits per heavy atom. The number of rotatable bonds is 8. The lowest BCUT2D eigenvalue weighted by atomic mass is 9.91. The van der Waals surface area contributed by atoms with Gasteiger partial charge in [0.1, 0.15) is 11.7 Å². The van der Waals surface area contributed by atoms with Crippen LogP contribution >= 0.6 is 22.9 Å². The van der Waals surface area contributed by atoms with Crippen LogP contribution in [-0.2, 0) is 9.22 Å². The van der Waals surface area contributed by atoms with Gasteiger partial charge in [-0.3, -0.25) is 14.0 Å². The van der Waals surface area contributed by atoms with E-state index in [9.17, 15) is 9.59 Å². The van der Waals surface area contributed by atoms with E-state index in [1.165, 1.54) is 11.3 Å². The Bertz CT molecular complexity index is 1160. The molecule has 2 aliphatic carbocycles. The Labute approximate surface area is 237 Å². The first-order valence-corrected chi connectivity index (χ1v) is 17.9. The summed E-state index contributed by atoms with van der Waals surface area (Å²) >= 11 is 8.17. The Morgan fingerprint density at radius 3 is 2.21 bits per heavy atom. The maximum atomic E-state index is 13.3. The lowest BCUT2D eigenvalue weighted by Gasteiger charge is -2.47. The number of aromatic nitrogens is 2. The number of amides is 2. The van der Waals surface area contributed by atoms with Crippen LogP contribution in [0, 0.1) is 0 Å². The summed E-state index contributed by atoms with van der Waals surface area (Å²) in [5, 5.41) is 2.48. The van der Waals surface area contributed by atoms with Gasteiger partial charge in [-0.25, -0.2) is 4.98 Å². The smallest absolute Gasteiger partial charge is 0.276 e. The maximum absolute atomic E-state index is 13.3. The van der Waals surface area contributed by atoms with Gasteiger partial charge < -0.3 is 14.2 Å². The number of nitrogens with zero attached hydrogens (tertiary/aromatic N) is 4. The molecule has 5 rings (SSSR count). The minimum absolute atomic E-state index is 0.0278. The summed E-state index contributed by atoms with van der Waals surface area (Å²) in [5.41, 5.74) is 3.15. The Morgan fingerprint density at radius 2 is 1.66 bits per heavy atom. The summed E-state index contributed by atoms with van der Waals surface area (Å²) in [5.74, 6) is 0.305. The van der Waals surface area contributed by atoms with Gasteiger partial charge in [0.25, 0.3) is 5.91 Å². The van der Waals surface area contributed by atoms with Crippen molar-refractivity contribution in [3.8, 4) is 0 Å². The van der Waals surface area contributed by atoms with E-state index in [2.05, 4.69) is 51.9 Å². The fourth-order valence-electron chi connectivity index (χ4n) is 7.21. The summed E-state index contributed by atoms with van der Waals surface area (Å²) in [6.07, 6.45) is 6.55. The van der Waals surface area contributed by atoms with Gasteiger partial charge in [0, 0.05) is 42.2 Å². The Hall–Kier alpha value is -1.42. The molecule has 0 atom stereocenters. The Balaban J connectivity index is 1.19. The van der Waals surface area contributed by atoms with Crippen molar-refractivity contribution in [3.63, 3.8) is 0 Å². The van der Waals surface area contributed by atoms with Gasteiger partial charge in [-0.15, -0.1) is 11.3 Å². The Kier molecular flexibility index (Phi) is 8.04. The third kappa shape index (κ3) is 4.97. The second-order valence-corrected chi connectivity index (χ2v) is 19.1. The predicted octanol–water partition coefficient (Wildman–Crippen LogP) is 6.71. The highest BCUT2D eigenvalue weighted by atomic mass is 35.5. The molecule has 2 aromatic rings. The van der Waals surface area contributed by atoms with Crippen LogP contribution in [0.2, 0.25) is 21.8 Å². The van der Waals surface area contributed by atoms with Crippen LogP contribution in [0.5, 0.6) is 0 Å². The van der Waals surface area contributed by atoms with E-state index in [4.69, 9.17) is 16.0 Å². The average molecular weight is 579 g/mol. The first-order chi connectivity index (χ1) is 18.0. The van der Waals surface area contributed by atoms with Crippen LogP contribution in [0.15, 0.2) is 5.38 Å². The van der Waals surface area contributed by atoms with Crippen molar-refractivity contribution in [2.45, 2.75) is 115 Å². The second-order valence-electron chi connectivity index (χ2n) is 12.5. The number of halogens is 1. The average Bonchev–Trinajstić information content (AvgIpc) is 3.55. The standard InChI is InChI=1S/C28H43ClN4O3SSi/c1-17(2)38(18(3)4,19(5)6)36-22-11-9-21(10-12-22)32-14-13-31(15-24(32)34)27(35)25-26(29)33-23(20-7-8-20)16-37-28(33)30-25/h16-22H,7-15H2,1-6H3. The molecule has 7 nitrogen and oxygen atoms in total. The molecule has 1 aliphatic heterocycles. The van der Waals surface area contributed by atoms with Crippen molar-refractivity contribution in [2.75, 3.05) is 19.6 Å². The minimum atomic E-state index is -1.91. The third-order valence-corrected chi connectivity index (χ3v) is 16.6. The molecular formula is C28H43ClN4O3SSi. The van der Waals surface area contributed by atoms with Crippen molar-refractivity contribution in [2.24, 2.45) is 0 Å². The molecule has 3 aliphatic rings. The number of hydrogen-bond acceptors (Lipinski definition) is 5. The number of carbonyl (C=O) groups is 2. The third-order valence-electron chi connectivity index (χ3n) is 9.24. The van der Waals surface area contributed by atoms with Crippen LogP contribution in [0.4, 0.5) is 0 Å². The van der Waals surface area contributed by atoms with E-state index in [0.717, 1.165) is 49.2 Å². The predicted molar refractivity (Wildman–Crippen MR) is 156 cm³/mol. The van der Waals surface area contributed by atoms with Crippen LogP contribution < -0.4 is 0 Å². The number of thiazole rings is 1. The van der Waals surface area contributed by atoms with Gasteiger partial charge in [-0.05, 0) is 55.1 Å². The molecular weight excluding hydrogens is 536 g/mol. The normalized spacial score (nSPS) is 23.5. The van der Waals surface area contributed by atoms with Crippen molar-refractivity contribution in [3.05, 3.63) is 21.9 Å². The van der Waals surface area contributed by atoms with Gasteiger partial charge in [0.2, 0.25) is 14.2 Å². The lowest BCUT2D eigenvalue weighted by molar-refractivity contribution is -0.138. The topological polar surface area (TPSA) is 67.2 Å². The van der Waals surface area contributed by atoms with Crippen LogP contribution in [0.3, 0.4) is 0 Å². The van der Waals surface area contributed by atoms with Gasteiger partial charge in [-0.2, -0.15) is 0 Å². The molecule has 0 bridgehead atoms. The monoisotopic (exact) mass is 578 g/mol. The molecule has 2 amide bonds. The number of imidazole rings is 1. The van der Waals surface area contributed by atoms with Crippen LogP contribution in [-0.4, -0.2) is 71.1 Å². The van der Waals surface area contributed by atoms with Crippen molar-refractivity contribution < 1.29 is 14.0 Å². The molecule has 3 heterocycles.